The number of aliphatic hydroxyl groups is 1. The third-order valence-corrected chi connectivity index (χ3v) is 5.03. The Balaban J connectivity index is 2.35. The lowest BCUT2D eigenvalue weighted by molar-refractivity contribution is -0.00347. The first kappa shape index (κ1) is 19.3. The quantitative estimate of drug-likeness (QED) is 0.469. The van der Waals surface area contributed by atoms with Gasteiger partial charge in [0.05, 0.1) is 39.6 Å². The number of hydrogen-bond donors (Lipinski definition) is 1. The number of benzene rings is 1. The van der Waals surface area contributed by atoms with Gasteiger partial charge in [0.2, 0.25) is 0 Å². The summed E-state index contributed by atoms with van der Waals surface area (Å²) in [4.78, 5) is 0. The van der Waals surface area contributed by atoms with Crippen LogP contribution < -0.4 is 0 Å². The van der Waals surface area contributed by atoms with Crippen molar-refractivity contribution in [1.82, 2.24) is 0 Å². The van der Waals surface area contributed by atoms with E-state index >= 15 is 0 Å². The highest BCUT2D eigenvalue weighted by molar-refractivity contribution is 7.54. The molecule has 0 radical (unpaired) electrons. The standard InChI is InChI=1S/C15H25O6P/c1-3-20-22(17,21-4-2)15(12-16)19-11-10-18-13-14-8-6-5-7-9-14/h5-9,15-16H,3-4,10-13H2,1-2H3. The van der Waals surface area contributed by atoms with Crippen molar-refractivity contribution >= 4 is 7.60 Å². The van der Waals surface area contributed by atoms with E-state index in [9.17, 15) is 9.67 Å². The van der Waals surface area contributed by atoms with Crippen LogP contribution in [0, 0.1) is 0 Å². The first-order chi connectivity index (χ1) is 10.7. The predicted octanol–water partition coefficient (Wildman–Crippen LogP) is 2.80. The van der Waals surface area contributed by atoms with Gasteiger partial charge in [-0.25, -0.2) is 0 Å². The summed E-state index contributed by atoms with van der Waals surface area (Å²) in [6.45, 7) is 4.43. The fourth-order valence-electron chi connectivity index (χ4n) is 1.81. The van der Waals surface area contributed by atoms with Gasteiger partial charge in [-0.2, -0.15) is 0 Å². The molecule has 1 aromatic carbocycles. The van der Waals surface area contributed by atoms with Gasteiger partial charge in [-0.3, -0.25) is 4.57 Å². The number of hydrogen-bond acceptors (Lipinski definition) is 6. The van der Waals surface area contributed by atoms with Crippen LogP contribution in [-0.2, 0) is 29.7 Å². The summed E-state index contributed by atoms with van der Waals surface area (Å²) in [5, 5.41) is 9.35. The largest absolute Gasteiger partial charge is 0.393 e. The third-order valence-electron chi connectivity index (χ3n) is 2.78. The molecule has 0 fully saturated rings. The van der Waals surface area contributed by atoms with E-state index in [1.165, 1.54) is 0 Å². The average Bonchev–Trinajstić information content (AvgIpc) is 2.52. The fourth-order valence-corrected chi connectivity index (χ4v) is 3.43. The van der Waals surface area contributed by atoms with Gasteiger partial charge in [0.25, 0.3) is 0 Å². The molecule has 0 amide bonds. The summed E-state index contributed by atoms with van der Waals surface area (Å²) in [6, 6.07) is 9.76. The molecule has 0 saturated heterocycles. The second kappa shape index (κ2) is 10.9. The van der Waals surface area contributed by atoms with Gasteiger partial charge < -0.3 is 23.6 Å². The van der Waals surface area contributed by atoms with Crippen LogP contribution in [-0.4, -0.2) is 44.0 Å². The number of aliphatic hydroxyl groups excluding tert-OH is 1. The Morgan fingerprint density at radius 1 is 1.09 bits per heavy atom. The lowest BCUT2D eigenvalue weighted by atomic mass is 10.2. The minimum atomic E-state index is -3.46. The predicted molar refractivity (Wildman–Crippen MR) is 83.8 cm³/mol. The molecule has 1 atom stereocenters. The van der Waals surface area contributed by atoms with Crippen molar-refractivity contribution in [2.45, 2.75) is 26.3 Å². The minimum Gasteiger partial charge on any atom is -0.393 e. The van der Waals surface area contributed by atoms with E-state index in [4.69, 9.17) is 18.5 Å². The number of ether oxygens (including phenoxy) is 2. The zero-order valence-corrected chi connectivity index (χ0v) is 14.0. The molecule has 0 bridgehead atoms. The van der Waals surface area contributed by atoms with E-state index in [0.29, 0.717) is 13.2 Å². The Labute approximate surface area is 131 Å². The molecule has 1 aromatic rings. The van der Waals surface area contributed by atoms with Gasteiger partial charge >= 0.3 is 7.60 Å². The van der Waals surface area contributed by atoms with Gasteiger partial charge in [-0.1, -0.05) is 30.3 Å². The van der Waals surface area contributed by atoms with E-state index in [1.807, 2.05) is 30.3 Å². The van der Waals surface area contributed by atoms with Gasteiger partial charge in [0.1, 0.15) is 0 Å². The van der Waals surface area contributed by atoms with Crippen LogP contribution in [0.15, 0.2) is 30.3 Å². The molecule has 0 heterocycles. The van der Waals surface area contributed by atoms with Gasteiger partial charge in [0, 0.05) is 0 Å². The van der Waals surface area contributed by atoms with E-state index < -0.39 is 20.0 Å². The van der Waals surface area contributed by atoms with Crippen molar-refractivity contribution in [3.63, 3.8) is 0 Å². The topological polar surface area (TPSA) is 74.2 Å². The van der Waals surface area contributed by atoms with Crippen LogP contribution in [0.25, 0.3) is 0 Å². The van der Waals surface area contributed by atoms with E-state index in [0.717, 1.165) is 5.56 Å². The van der Waals surface area contributed by atoms with E-state index in [-0.39, 0.29) is 19.8 Å². The molecular formula is C15H25O6P. The van der Waals surface area contributed by atoms with Crippen LogP contribution in [0.4, 0.5) is 0 Å². The second-order valence-corrected chi connectivity index (χ2v) is 6.59. The summed E-state index contributed by atoms with van der Waals surface area (Å²) >= 11 is 0. The highest BCUT2D eigenvalue weighted by Crippen LogP contribution is 2.53. The van der Waals surface area contributed by atoms with Crippen LogP contribution >= 0.6 is 7.60 Å². The maximum atomic E-state index is 12.5. The minimum absolute atomic E-state index is 0.197. The fraction of sp³-hybridized carbons (Fsp3) is 0.600. The smallest absolute Gasteiger partial charge is 0.361 e. The van der Waals surface area contributed by atoms with Gasteiger partial charge in [-0.15, -0.1) is 0 Å². The molecule has 7 heteroatoms. The Bertz CT molecular complexity index is 429. The van der Waals surface area contributed by atoms with Crippen LogP contribution in [0.5, 0.6) is 0 Å². The summed E-state index contributed by atoms with van der Waals surface area (Å²) in [5.41, 5.74) is 1.07. The average molecular weight is 332 g/mol. The first-order valence-corrected chi connectivity index (χ1v) is 9.00. The molecule has 0 aromatic heterocycles. The van der Waals surface area contributed by atoms with Crippen molar-refractivity contribution in [3.8, 4) is 0 Å². The SMILES string of the molecule is CCOP(=O)(OCC)C(CO)OCCOCc1ccccc1. The summed E-state index contributed by atoms with van der Waals surface area (Å²) in [6.07, 6.45) is 0. The van der Waals surface area contributed by atoms with Crippen molar-refractivity contribution in [3.05, 3.63) is 35.9 Å². The van der Waals surface area contributed by atoms with Crippen LogP contribution in [0.1, 0.15) is 19.4 Å². The van der Waals surface area contributed by atoms with E-state index in [2.05, 4.69) is 0 Å². The van der Waals surface area contributed by atoms with Crippen molar-refractivity contribution < 1.29 is 28.2 Å². The molecule has 0 spiro atoms. The molecule has 1 rings (SSSR count). The second-order valence-electron chi connectivity index (χ2n) is 4.42. The molecular weight excluding hydrogens is 307 g/mol. The maximum absolute atomic E-state index is 12.5. The lowest BCUT2D eigenvalue weighted by Crippen LogP contribution is -2.23. The molecule has 0 aliphatic heterocycles. The Kier molecular flexibility index (Phi) is 9.55. The molecule has 0 saturated carbocycles. The summed E-state index contributed by atoms with van der Waals surface area (Å²) < 4.78 is 33.7. The van der Waals surface area contributed by atoms with Crippen LogP contribution in [0.2, 0.25) is 0 Å². The normalized spacial score (nSPS) is 13.2. The maximum Gasteiger partial charge on any atom is 0.361 e. The molecule has 1 unspecified atom stereocenters. The molecule has 0 aliphatic rings. The zero-order chi connectivity index (χ0) is 16.3. The summed E-state index contributed by atoms with van der Waals surface area (Å²) in [5.74, 6) is -0.993. The first-order valence-electron chi connectivity index (χ1n) is 7.39. The highest BCUT2D eigenvalue weighted by atomic mass is 31.2. The monoisotopic (exact) mass is 332 g/mol. The molecule has 0 aliphatic carbocycles. The molecule has 1 N–H and O–H groups in total. The van der Waals surface area contributed by atoms with Gasteiger partial charge in [-0.05, 0) is 19.4 Å². The Morgan fingerprint density at radius 2 is 1.73 bits per heavy atom. The molecule has 22 heavy (non-hydrogen) atoms. The van der Waals surface area contributed by atoms with E-state index in [1.54, 1.807) is 13.8 Å². The third kappa shape index (κ3) is 6.57. The Morgan fingerprint density at radius 3 is 2.27 bits per heavy atom. The molecule has 6 nitrogen and oxygen atoms in total. The number of rotatable bonds is 12. The summed E-state index contributed by atoms with van der Waals surface area (Å²) in [7, 11) is -3.46. The Hall–Kier alpha value is -0.750. The zero-order valence-electron chi connectivity index (χ0n) is 13.1. The molecule has 126 valence electrons. The van der Waals surface area contributed by atoms with Crippen molar-refractivity contribution in [2.75, 3.05) is 33.0 Å². The van der Waals surface area contributed by atoms with Crippen LogP contribution in [0.3, 0.4) is 0 Å². The lowest BCUT2D eigenvalue weighted by Gasteiger charge is -2.24. The van der Waals surface area contributed by atoms with Crippen molar-refractivity contribution in [1.29, 1.82) is 0 Å². The van der Waals surface area contributed by atoms with Gasteiger partial charge in [0.15, 0.2) is 5.85 Å². The highest BCUT2D eigenvalue weighted by Gasteiger charge is 2.36. The van der Waals surface area contributed by atoms with Crippen molar-refractivity contribution in [2.24, 2.45) is 0 Å².